The van der Waals surface area contributed by atoms with Gasteiger partial charge in [-0.05, 0) is 24.3 Å². The Balaban J connectivity index is 2.26. The van der Waals surface area contributed by atoms with Gasteiger partial charge < -0.3 is 15.1 Å². The first kappa shape index (κ1) is 11.4. The molecule has 17 heavy (non-hydrogen) atoms. The first-order valence-electron chi connectivity index (χ1n) is 5.29. The molecular formula is C12H12N2O3. The summed E-state index contributed by atoms with van der Waals surface area (Å²) >= 11 is 0. The van der Waals surface area contributed by atoms with Crippen LogP contribution in [-0.4, -0.2) is 34.9 Å². The summed E-state index contributed by atoms with van der Waals surface area (Å²) < 4.78 is 0. The number of anilines is 1. The number of aliphatic hydroxyl groups excluding tert-OH is 1. The van der Waals surface area contributed by atoms with Crippen LogP contribution in [0, 0.1) is 11.3 Å². The Bertz CT molecular complexity index is 464. The number of benzene rings is 1. The van der Waals surface area contributed by atoms with Gasteiger partial charge in [0.1, 0.15) is 6.04 Å². The first-order valence-corrected chi connectivity index (χ1v) is 5.29. The van der Waals surface area contributed by atoms with E-state index in [0.29, 0.717) is 17.8 Å². The van der Waals surface area contributed by atoms with Crippen molar-refractivity contribution >= 4 is 11.7 Å². The summed E-state index contributed by atoms with van der Waals surface area (Å²) in [6, 6.07) is 7.98. The van der Waals surface area contributed by atoms with E-state index >= 15 is 0 Å². The number of rotatable bonds is 2. The van der Waals surface area contributed by atoms with Gasteiger partial charge in [0.05, 0.1) is 17.7 Å². The molecular weight excluding hydrogens is 220 g/mol. The summed E-state index contributed by atoms with van der Waals surface area (Å²) in [6.07, 6.45) is -0.387. The van der Waals surface area contributed by atoms with Crippen molar-refractivity contribution in [3.63, 3.8) is 0 Å². The van der Waals surface area contributed by atoms with E-state index in [9.17, 15) is 9.90 Å². The second-order valence-electron chi connectivity index (χ2n) is 4.05. The SMILES string of the molecule is N#Cc1ccc(N2C[C@H](O)C[C@@H]2C(=O)O)cc1. The fraction of sp³-hybridized carbons (Fsp3) is 0.333. The van der Waals surface area contributed by atoms with Crippen LogP contribution in [0.3, 0.4) is 0 Å². The number of carboxylic acid groups (broad SMARTS) is 1. The van der Waals surface area contributed by atoms with Gasteiger partial charge in [-0.25, -0.2) is 4.79 Å². The summed E-state index contributed by atoms with van der Waals surface area (Å²) in [5, 5.41) is 27.3. The highest BCUT2D eigenvalue weighted by Crippen LogP contribution is 2.26. The summed E-state index contributed by atoms with van der Waals surface area (Å²) in [5.41, 5.74) is 1.24. The molecule has 2 N–H and O–H groups in total. The molecule has 5 heteroatoms. The Kier molecular flexibility index (Phi) is 2.98. The second kappa shape index (κ2) is 4.44. The molecule has 1 aromatic carbocycles. The number of carbonyl (C=O) groups is 1. The molecule has 0 bridgehead atoms. The Labute approximate surface area is 98.5 Å². The summed E-state index contributed by atoms with van der Waals surface area (Å²) in [7, 11) is 0. The van der Waals surface area contributed by atoms with Gasteiger partial charge in [0.15, 0.2) is 0 Å². The van der Waals surface area contributed by atoms with Crippen LogP contribution in [0.15, 0.2) is 24.3 Å². The molecule has 1 aliphatic heterocycles. The van der Waals surface area contributed by atoms with Crippen molar-refractivity contribution < 1.29 is 15.0 Å². The molecule has 0 spiro atoms. The van der Waals surface area contributed by atoms with Crippen LogP contribution in [0.4, 0.5) is 5.69 Å². The Morgan fingerprint density at radius 2 is 2.06 bits per heavy atom. The quantitative estimate of drug-likeness (QED) is 0.779. The Morgan fingerprint density at radius 3 is 2.59 bits per heavy atom. The summed E-state index contributed by atoms with van der Waals surface area (Å²) in [4.78, 5) is 12.7. The summed E-state index contributed by atoms with van der Waals surface area (Å²) in [5.74, 6) is -0.939. The maximum absolute atomic E-state index is 11.0. The van der Waals surface area contributed by atoms with E-state index in [2.05, 4.69) is 0 Å². The van der Waals surface area contributed by atoms with E-state index in [1.54, 1.807) is 29.2 Å². The fourth-order valence-electron chi connectivity index (χ4n) is 2.06. The maximum Gasteiger partial charge on any atom is 0.326 e. The number of carboxylic acids is 1. The molecule has 0 unspecified atom stereocenters. The van der Waals surface area contributed by atoms with E-state index in [1.807, 2.05) is 6.07 Å². The summed E-state index contributed by atoms with van der Waals surface area (Å²) in [6.45, 7) is 0.308. The normalized spacial score (nSPS) is 23.4. The van der Waals surface area contributed by atoms with Crippen molar-refractivity contribution in [2.24, 2.45) is 0 Å². The molecule has 0 aromatic heterocycles. The lowest BCUT2D eigenvalue weighted by atomic mass is 10.2. The third-order valence-electron chi connectivity index (χ3n) is 2.89. The van der Waals surface area contributed by atoms with Crippen molar-refractivity contribution in [3.8, 4) is 6.07 Å². The highest BCUT2D eigenvalue weighted by atomic mass is 16.4. The molecule has 0 radical (unpaired) electrons. The zero-order valence-electron chi connectivity index (χ0n) is 9.08. The van der Waals surface area contributed by atoms with Crippen LogP contribution in [0.25, 0.3) is 0 Å². The maximum atomic E-state index is 11.0. The van der Waals surface area contributed by atoms with Crippen molar-refractivity contribution in [2.45, 2.75) is 18.6 Å². The van der Waals surface area contributed by atoms with Gasteiger partial charge in [-0.15, -0.1) is 0 Å². The number of β-amino-alcohol motifs (C(OH)–C–C–N with tert-alkyl or cyclic N) is 1. The predicted octanol–water partition coefficient (Wildman–Crippen LogP) is 0.582. The van der Waals surface area contributed by atoms with Crippen LogP contribution in [0.1, 0.15) is 12.0 Å². The van der Waals surface area contributed by atoms with Crippen molar-refractivity contribution in [1.29, 1.82) is 5.26 Å². The molecule has 1 fully saturated rings. The minimum absolute atomic E-state index is 0.231. The lowest BCUT2D eigenvalue weighted by molar-refractivity contribution is -0.138. The number of aliphatic carboxylic acids is 1. The lowest BCUT2D eigenvalue weighted by Gasteiger charge is -2.23. The minimum Gasteiger partial charge on any atom is -0.480 e. The second-order valence-corrected chi connectivity index (χ2v) is 4.05. The van der Waals surface area contributed by atoms with Crippen LogP contribution < -0.4 is 4.90 Å². The Morgan fingerprint density at radius 1 is 1.41 bits per heavy atom. The lowest BCUT2D eigenvalue weighted by Crippen LogP contribution is -2.35. The predicted molar refractivity (Wildman–Crippen MR) is 60.6 cm³/mol. The molecule has 1 saturated heterocycles. The monoisotopic (exact) mass is 232 g/mol. The van der Waals surface area contributed by atoms with E-state index in [1.165, 1.54) is 0 Å². The third kappa shape index (κ3) is 2.22. The average molecular weight is 232 g/mol. The number of aliphatic hydroxyl groups is 1. The Hall–Kier alpha value is -2.06. The number of hydrogen-bond acceptors (Lipinski definition) is 4. The fourth-order valence-corrected chi connectivity index (χ4v) is 2.06. The van der Waals surface area contributed by atoms with Crippen molar-refractivity contribution in [2.75, 3.05) is 11.4 Å². The zero-order chi connectivity index (χ0) is 12.4. The van der Waals surface area contributed by atoms with Crippen molar-refractivity contribution in [1.82, 2.24) is 0 Å². The third-order valence-corrected chi connectivity index (χ3v) is 2.89. The van der Waals surface area contributed by atoms with Gasteiger partial charge in [-0.2, -0.15) is 5.26 Å². The highest BCUT2D eigenvalue weighted by molar-refractivity contribution is 5.79. The highest BCUT2D eigenvalue weighted by Gasteiger charge is 2.35. The largest absolute Gasteiger partial charge is 0.480 e. The molecule has 2 rings (SSSR count). The first-order chi connectivity index (χ1) is 8.11. The van der Waals surface area contributed by atoms with E-state index in [0.717, 1.165) is 0 Å². The molecule has 88 valence electrons. The molecule has 1 aliphatic rings. The van der Waals surface area contributed by atoms with Gasteiger partial charge in [0, 0.05) is 18.7 Å². The van der Waals surface area contributed by atoms with Crippen LogP contribution in [-0.2, 0) is 4.79 Å². The van der Waals surface area contributed by atoms with Gasteiger partial charge in [0.25, 0.3) is 0 Å². The van der Waals surface area contributed by atoms with Gasteiger partial charge >= 0.3 is 5.97 Å². The van der Waals surface area contributed by atoms with Gasteiger partial charge in [0.2, 0.25) is 0 Å². The van der Waals surface area contributed by atoms with E-state index in [-0.39, 0.29) is 6.42 Å². The van der Waals surface area contributed by atoms with Crippen molar-refractivity contribution in [3.05, 3.63) is 29.8 Å². The zero-order valence-corrected chi connectivity index (χ0v) is 9.08. The molecule has 1 aromatic rings. The smallest absolute Gasteiger partial charge is 0.326 e. The van der Waals surface area contributed by atoms with Crippen LogP contribution in [0.2, 0.25) is 0 Å². The van der Waals surface area contributed by atoms with E-state index in [4.69, 9.17) is 10.4 Å². The minimum atomic E-state index is -0.939. The number of hydrogen-bond donors (Lipinski definition) is 2. The number of nitriles is 1. The van der Waals surface area contributed by atoms with Crippen LogP contribution in [0.5, 0.6) is 0 Å². The molecule has 1 heterocycles. The number of nitrogens with zero attached hydrogens (tertiary/aromatic N) is 2. The molecule has 2 atom stereocenters. The van der Waals surface area contributed by atoms with Gasteiger partial charge in [-0.1, -0.05) is 0 Å². The molecule has 0 saturated carbocycles. The molecule has 0 aliphatic carbocycles. The standard InChI is InChI=1S/C12H12N2O3/c13-6-8-1-3-9(4-2-8)14-7-10(15)5-11(14)12(16)17/h1-4,10-11,15H,5,7H2,(H,16,17)/t10-,11-/m1/s1. The van der Waals surface area contributed by atoms with E-state index < -0.39 is 18.1 Å². The van der Waals surface area contributed by atoms with Crippen LogP contribution >= 0.6 is 0 Å². The average Bonchev–Trinajstić information content (AvgIpc) is 2.72. The molecule has 5 nitrogen and oxygen atoms in total. The molecule has 0 amide bonds. The van der Waals surface area contributed by atoms with Gasteiger partial charge in [-0.3, -0.25) is 0 Å². The topological polar surface area (TPSA) is 84.6 Å².